The molecule has 0 amide bonds. The Morgan fingerprint density at radius 1 is 1.52 bits per heavy atom. The third-order valence-corrected chi connectivity index (χ3v) is 2.78. The van der Waals surface area contributed by atoms with Gasteiger partial charge >= 0.3 is 5.97 Å². The van der Waals surface area contributed by atoms with Gasteiger partial charge in [0.05, 0.1) is 29.4 Å². The second-order valence-corrected chi connectivity index (χ2v) is 4.72. The summed E-state index contributed by atoms with van der Waals surface area (Å²) in [5, 5.41) is 19.7. The Hall–Kier alpha value is -2.22. The molecular formula is C13H17FN2O5. The van der Waals surface area contributed by atoms with E-state index >= 15 is 0 Å². The van der Waals surface area contributed by atoms with Gasteiger partial charge < -0.3 is 14.7 Å². The summed E-state index contributed by atoms with van der Waals surface area (Å²) in [5.41, 5.74) is -1.34. The van der Waals surface area contributed by atoms with Gasteiger partial charge in [0.1, 0.15) is 5.56 Å². The molecule has 7 nitrogen and oxygen atoms in total. The lowest BCUT2D eigenvalue weighted by Gasteiger charge is -2.21. The minimum atomic E-state index is -1.48. The maximum atomic E-state index is 13.9. The zero-order valence-corrected chi connectivity index (χ0v) is 12.0. The summed E-state index contributed by atoms with van der Waals surface area (Å²) in [5.74, 6) is -2.33. The average molecular weight is 300 g/mol. The van der Waals surface area contributed by atoms with Crippen molar-refractivity contribution in [2.24, 2.45) is 0 Å². The lowest BCUT2D eigenvalue weighted by Crippen LogP contribution is -2.25. The molecule has 0 spiro atoms. The first-order valence-electron chi connectivity index (χ1n) is 6.28. The number of aromatic carboxylic acids is 1. The van der Waals surface area contributed by atoms with Crippen molar-refractivity contribution in [2.75, 3.05) is 25.1 Å². The third kappa shape index (κ3) is 4.38. The second kappa shape index (κ2) is 6.98. The molecule has 0 aliphatic heterocycles. The summed E-state index contributed by atoms with van der Waals surface area (Å²) in [6.07, 6.45) is 0.0229. The molecule has 116 valence electrons. The number of anilines is 1. The summed E-state index contributed by atoms with van der Waals surface area (Å²) in [7, 11) is 1.56. The lowest BCUT2D eigenvalue weighted by molar-refractivity contribution is -0.385. The SMILES string of the molecule is CC(C)OCCN(C)c1cc(C(=O)O)c([N+](=O)[O-])cc1F. The molecule has 0 unspecified atom stereocenters. The fourth-order valence-corrected chi connectivity index (χ4v) is 1.71. The summed E-state index contributed by atoms with van der Waals surface area (Å²) in [6, 6.07) is 1.59. The number of rotatable bonds is 7. The van der Waals surface area contributed by atoms with Gasteiger partial charge in [-0.05, 0) is 19.9 Å². The van der Waals surface area contributed by atoms with Crippen LogP contribution in [0.15, 0.2) is 12.1 Å². The largest absolute Gasteiger partial charge is 0.477 e. The lowest BCUT2D eigenvalue weighted by atomic mass is 10.1. The van der Waals surface area contributed by atoms with Crippen molar-refractivity contribution < 1.29 is 24.0 Å². The monoisotopic (exact) mass is 300 g/mol. The standard InChI is InChI=1S/C13H17FN2O5/c1-8(2)21-5-4-15(3)12-6-9(13(17)18)11(16(19)20)7-10(12)14/h6-8H,4-5H2,1-3H3,(H,17,18). The number of nitrogens with zero attached hydrogens (tertiary/aromatic N) is 2. The zero-order chi connectivity index (χ0) is 16.2. The van der Waals surface area contributed by atoms with Crippen molar-refractivity contribution in [3.63, 3.8) is 0 Å². The first kappa shape index (κ1) is 16.8. The Morgan fingerprint density at radius 2 is 2.14 bits per heavy atom. The number of hydrogen-bond donors (Lipinski definition) is 1. The van der Waals surface area contributed by atoms with Crippen LogP contribution in [0.5, 0.6) is 0 Å². The minimum absolute atomic E-state index is 0.0228. The quantitative estimate of drug-likeness (QED) is 0.613. The molecule has 0 aromatic heterocycles. The van der Waals surface area contributed by atoms with E-state index in [1.54, 1.807) is 7.05 Å². The van der Waals surface area contributed by atoms with Crippen molar-refractivity contribution in [1.29, 1.82) is 0 Å². The van der Waals surface area contributed by atoms with Crippen molar-refractivity contribution >= 4 is 17.3 Å². The van der Waals surface area contributed by atoms with Crippen LogP contribution in [0, 0.1) is 15.9 Å². The molecule has 8 heteroatoms. The van der Waals surface area contributed by atoms with E-state index in [2.05, 4.69) is 0 Å². The molecule has 0 bridgehead atoms. The highest BCUT2D eigenvalue weighted by molar-refractivity contribution is 5.93. The Balaban J connectivity index is 3.05. The number of carboxylic acid groups (broad SMARTS) is 1. The van der Waals surface area contributed by atoms with Gasteiger partial charge in [0.25, 0.3) is 5.69 Å². The molecular weight excluding hydrogens is 283 g/mol. The molecule has 1 aromatic rings. The van der Waals surface area contributed by atoms with Gasteiger partial charge in [-0.25, -0.2) is 9.18 Å². The van der Waals surface area contributed by atoms with Crippen LogP contribution in [-0.4, -0.2) is 42.3 Å². The van der Waals surface area contributed by atoms with Gasteiger partial charge in [0, 0.05) is 13.6 Å². The molecule has 0 aliphatic rings. The Labute approximate surface area is 121 Å². The number of carboxylic acids is 1. The van der Waals surface area contributed by atoms with Crippen LogP contribution in [-0.2, 0) is 4.74 Å². The predicted molar refractivity (Wildman–Crippen MR) is 74.4 cm³/mol. The number of likely N-dealkylation sites (N-methyl/N-ethyl adjacent to an activating group) is 1. The van der Waals surface area contributed by atoms with Crippen molar-refractivity contribution in [2.45, 2.75) is 20.0 Å². The summed E-state index contributed by atoms with van der Waals surface area (Å²) >= 11 is 0. The summed E-state index contributed by atoms with van der Waals surface area (Å²) in [6.45, 7) is 4.36. The molecule has 21 heavy (non-hydrogen) atoms. The first-order valence-corrected chi connectivity index (χ1v) is 6.28. The molecule has 0 heterocycles. The molecule has 1 rings (SSSR count). The number of nitro benzene ring substituents is 1. The summed E-state index contributed by atoms with van der Waals surface area (Å²) in [4.78, 5) is 22.3. The number of carbonyl (C=O) groups is 1. The van der Waals surface area contributed by atoms with Crippen molar-refractivity contribution in [3.05, 3.63) is 33.6 Å². The number of nitro groups is 1. The smallest absolute Gasteiger partial charge is 0.342 e. The fraction of sp³-hybridized carbons (Fsp3) is 0.462. The van der Waals surface area contributed by atoms with Crippen LogP contribution in [0.3, 0.4) is 0 Å². The van der Waals surface area contributed by atoms with Gasteiger partial charge in [-0.15, -0.1) is 0 Å². The molecule has 0 radical (unpaired) electrons. The maximum Gasteiger partial charge on any atom is 0.342 e. The van der Waals surface area contributed by atoms with Gasteiger partial charge in [-0.1, -0.05) is 0 Å². The number of benzene rings is 1. The number of hydrogen-bond acceptors (Lipinski definition) is 5. The van der Waals surface area contributed by atoms with E-state index < -0.39 is 28.0 Å². The van der Waals surface area contributed by atoms with E-state index in [4.69, 9.17) is 9.84 Å². The van der Waals surface area contributed by atoms with E-state index in [9.17, 15) is 19.3 Å². The topological polar surface area (TPSA) is 92.9 Å². The highest BCUT2D eigenvalue weighted by Gasteiger charge is 2.24. The van der Waals surface area contributed by atoms with E-state index in [0.717, 1.165) is 6.07 Å². The summed E-state index contributed by atoms with van der Waals surface area (Å²) < 4.78 is 19.2. The Kier molecular flexibility index (Phi) is 5.60. The van der Waals surface area contributed by atoms with Crippen LogP contribution < -0.4 is 4.90 Å². The van der Waals surface area contributed by atoms with Crippen molar-refractivity contribution in [1.82, 2.24) is 0 Å². The van der Waals surface area contributed by atoms with Gasteiger partial charge in [0.2, 0.25) is 0 Å². The van der Waals surface area contributed by atoms with E-state index in [0.29, 0.717) is 19.2 Å². The van der Waals surface area contributed by atoms with Crippen LogP contribution in [0.2, 0.25) is 0 Å². The Morgan fingerprint density at radius 3 is 2.62 bits per heavy atom. The van der Waals surface area contributed by atoms with Gasteiger partial charge in [-0.3, -0.25) is 10.1 Å². The molecule has 1 N–H and O–H groups in total. The highest BCUT2D eigenvalue weighted by Crippen LogP contribution is 2.28. The molecule has 1 aromatic carbocycles. The van der Waals surface area contributed by atoms with Crippen LogP contribution in [0.4, 0.5) is 15.8 Å². The number of halogens is 1. The second-order valence-electron chi connectivity index (χ2n) is 4.72. The molecule has 0 atom stereocenters. The maximum absolute atomic E-state index is 13.9. The zero-order valence-electron chi connectivity index (χ0n) is 12.0. The van der Waals surface area contributed by atoms with Gasteiger partial charge in [-0.2, -0.15) is 0 Å². The fourth-order valence-electron chi connectivity index (χ4n) is 1.71. The molecule has 0 saturated heterocycles. The van der Waals surface area contributed by atoms with Crippen molar-refractivity contribution in [3.8, 4) is 0 Å². The minimum Gasteiger partial charge on any atom is -0.477 e. The molecule has 0 fully saturated rings. The number of ether oxygens (including phenoxy) is 1. The highest BCUT2D eigenvalue weighted by atomic mass is 19.1. The van der Waals surface area contributed by atoms with E-state index in [-0.39, 0.29) is 11.8 Å². The van der Waals surface area contributed by atoms with Gasteiger partial charge in [0.15, 0.2) is 5.82 Å². The normalized spacial score (nSPS) is 10.7. The first-order chi connectivity index (χ1) is 9.73. The van der Waals surface area contributed by atoms with Crippen LogP contribution in [0.1, 0.15) is 24.2 Å². The van der Waals surface area contributed by atoms with E-state index in [1.165, 1.54) is 4.90 Å². The van der Waals surface area contributed by atoms with Crippen LogP contribution >= 0.6 is 0 Å². The third-order valence-electron chi connectivity index (χ3n) is 2.78. The van der Waals surface area contributed by atoms with E-state index in [1.807, 2.05) is 13.8 Å². The molecule has 0 saturated carbocycles. The molecule has 0 aliphatic carbocycles. The average Bonchev–Trinajstić information content (AvgIpc) is 2.37. The Bertz CT molecular complexity index is 548. The van der Waals surface area contributed by atoms with Crippen LogP contribution in [0.25, 0.3) is 0 Å². The predicted octanol–water partition coefficient (Wildman–Crippen LogP) is 2.29.